The van der Waals surface area contributed by atoms with Gasteiger partial charge in [-0.2, -0.15) is 0 Å². The van der Waals surface area contributed by atoms with Crippen molar-refractivity contribution in [3.8, 4) is 0 Å². The Kier molecular flexibility index (Phi) is 2.94. The molecular formula is C14H10ClNOS. The molecule has 0 saturated carbocycles. The first-order valence-corrected chi connectivity index (χ1v) is 6.79. The third kappa shape index (κ3) is 1.96. The summed E-state index contributed by atoms with van der Waals surface area (Å²) in [5, 5.41) is 3.69. The van der Waals surface area contributed by atoms with Crippen LogP contribution in [0.25, 0.3) is 10.9 Å². The molecule has 0 spiro atoms. The number of hydrogen-bond acceptors (Lipinski definition) is 2. The van der Waals surface area contributed by atoms with Gasteiger partial charge >= 0.3 is 0 Å². The molecule has 2 nitrogen and oxygen atoms in total. The van der Waals surface area contributed by atoms with Gasteiger partial charge in [0.05, 0.1) is 12.1 Å². The van der Waals surface area contributed by atoms with E-state index in [1.165, 1.54) is 4.88 Å². The molecule has 18 heavy (non-hydrogen) atoms. The van der Waals surface area contributed by atoms with Gasteiger partial charge in [-0.05, 0) is 23.6 Å². The van der Waals surface area contributed by atoms with E-state index >= 15 is 0 Å². The monoisotopic (exact) mass is 275 g/mol. The fraction of sp³-hybridized carbons (Fsp3) is 0.0714. The fourth-order valence-electron chi connectivity index (χ4n) is 2.09. The number of rotatable bonds is 3. The van der Waals surface area contributed by atoms with Gasteiger partial charge in [0.15, 0.2) is 6.29 Å². The summed E-state index contributed by atoms with van der Waals surface area (Å²) >= 11 is 7.73. The zero-order valence-electron chi connectivity index (χ0n) is 9.47. The van der Waals surface area contributed by atoms with Gasteiger partial charge in [-0.1, -0.05) is 23.7 Å². The molecule has 0 aliphatic heterocycles. The van der Waals surface area contributed by atoms with Gasteiger partial charge in [0.2, 0.25) is 0 Å². The van der Waals surface area contributed by atoms with E-state index in [1.807, 2.05) is 30.5 Å². The summed E-state index contributed by atoms with van der Waals surface area (Å²) in [5.74, 6) is 0. The zero-order chi connectivity index (χ0) is 12.5. The standard InChI is InChI=1S/C14H10ClNOS/c15-11-3-4-13-10(9-17)7-16(14(13)6-11)8-12-2-1-5-18-12/h1-7,9H,8H2. The molecule has 0 fully saturated rings. The quantitative estimate of drug-likeness (QED) is 0.656. The van der Waals surface area contributed by atoms with Gasteiger partial charge < -0.3 is 4.57 Å². The lowest BCUT2D eigenvalue weighted by atomic mass is 10.2. The van der Waals surface area contributed by atoms with Crippen LogP contribution in [0, 0.1) is 0 Å². The number of carbonyl (C=O) groups is 1. The fourth-order valence-corrected chi connectivity index (χ4v) is 2.96. The van der Waals surface area contributed by atoms with Crippen LogP contribution in [0.15, 0.2) is 41.9 Å². The number of fused-ring (bicyclic) bond motifs is 1. The Labute approximate surface area is 113 Å². The minimum Gasteiger partial charge on any atom is -0.341 e. The number of hydrogen-bond donors (Lipinski definition) is 0. The largest absolute Gasteiger partial charge is 0.341 e. The predicted octanol–water partition coefficient (Wildman–Crippen LogP) is 4.22. The molecule has 90 valence electrons. The van der Waals surface area contributed by atoms with E-state index < -0.39 is 0 Å². The third-order valence-electron chi connectivity index (χ3n) is 2.91. The molecule has 0 radical (unpaired) electrons. The van der Waals surface area contributed by atoms with Crippen molar-refractivity contribution in [2.24, 2.45) is 0 Å². The van der Waals surface area contributed by atoms with E-state index in [0.29, 0.717) is 10.6 Å². The summed E-state index contributed by atoms with van der Waals surface area (Å²) in [5.41, 5.74) is 1.70. The van der Waals surface area contributed by atoms with Gasteiger partial charge in [0, 0.05) is 27.0 Å². The lowest BCUT2D eigenvalue weighted by molar-refractivity contribution is 0.112. The number of benzene rings is 1. The van der Waals surface area contributed by atoms with Crippen molar-refractivity contribution in [2.45, 2.75) is 6.54 Å². The van der Waals surface area contributed by atoms with Gasteiger partial charge in [-0.15, -0.1) is 11.3 Å². The van der Waals surface area contributed by atoms with Crippen molar-refractivity contribution in [1.29, 1.82) is 0 Å². The first-order valence-electron chi connectivity index (χ1n) is 5.54. The normalized spacial score (nSPS) is 10.9. The van der Waals surface area contributed by atoms with Gasteiger partial charge in [0.1, 0.15) is 0 Å². The van der Waals surface area contributed by atoms with Crippen LogP contribution in [0.1, 0.15) is 15.2 Å². The smallest absolute Gasteiger partial charge is 0.152 e. The number of nitrogens with zero attached hydrogens (tertiary/aromatic N) is 1. The summed E-state index contributed by atoms with van der Waals surface area (Å²) in [6, 6.07) is 9.72. The number of halogens is 1. The van der Waals surface area contributed by atoms with Crippen LogP contribution < -0.4 is 0 Å². The molecule has 0 N–H and O–H groups in total. The summed E-state index contributed by atoms with van der Waals surface area (Å²) in [6.45, 7) is 0.766. The second-order valence-corrected chi connectivity index (χ2v) is 5.54. The first-order chi connectivity index (χ1) is 8.78. The molecule has 4 heteroatoms. The summed E-state index contributed by atoms with van der Waals surface area (Å²) < 4.78 is 2.07. The highest BCUT2D eigenvalue weighted by Crippen LogP contribution is 2.25. The molecule has 2 heterocycles. The predicted molar refractivity (Wildman–Crippen MR) is 75.8 cm³/mol. The van der Waals surface area contributed by atoms with E-state index in [-0.39, 0.29) is 0 Å². The van der Waals surface area contributed by atoms with E-state index in [1.54, 1.807) is 11.3 Å². The number of aromatic nitrogens is 1. The lowest BCUT2D eigenvalue weighted by Gasteiger charge is -2.03. The molecule has 0 unspecified atom stereocenters. The average Bonchev–Trinajstić information content (AvgIpc) is 2.98. The van der Waals surface area contributed by atoms with Gasteiger partial charge in [-0.3, -0.25) is 4.79 Å². The highest BCUT2D eigenvalue weighted by Gasteiger charge is 2.09. The van der Waals surface area contributed by atoms with Crippen molar-refractivity contribution < 1.29 is 4.79 Å². The number of thiophene rings is 1. The molecule has 2 aromatic heterocycles. The maximum Gasteiger partial charge on any atom is 0.152 e. The molecule has 0 aliphatic carbocycles. The summed E-state index contributed by atoms with van der Waals surface area (Å²) in [6.07, 6.45) is 2.77. The maximum absolute atomic E-state index is 11.1. The summed E-state index contributed by atoms with van der Waals surface area (Å²) in [4.78, 5) is 12.3. The Morgan fingerprint density at radius 1 is 1.33 bits per heavy atom. The van der Waals surface area contributed by atoms with Crippen molar-refractivity contribution in [3.63, 3.8) is 0 Å². The minimum atomic E-state index is 0.686. The van der Waals surface area contributed by atoms with Crippen LogP contribution in [0.4, 0.5) is 0 Å². The van der Waals surface area contributed by atoms with Crippen LogP contribution in [0.2, 0.25) is 5.02 Å². The second-order valence-electron chi connectivity index (χ2n) is 4.07. The van der Waals surface area contributed by atoms with Crippen LogP contribution in [0.5, 0.6) is 0 Å². The molecule has 0 aliphatic rings. The number of carbonyl (C=O) groups excluding carboxylic acids is 1. The van der Waals surface area contributed by atoms with Gasteiger partial charge in [0.25, 0.3) is 0 Å². The van der Waals surface area contributed by atoms with Crippen LogP contribution in [-0.4, -0.2) is 10.9 Å². The Morgan fingerprint density at radius 2 is 2.22 bits per heavy atom. The van der Waals surface area contributed by atoms with Gasteiger partial charge in [-0.25, -0.2) is 0 Å². The van der Waals surface area contributed by atoms with Crippen molar-refractivity contribution in [1.82, 2.24) is 4.57 Å². The molecule has 3 aromatic rings. The topological polar surface area (TPSA) is 22.0 Å². The highest BCUT2D eigenvalue weighted by atomic mass is 35.5. The minimum absolute atomic E-state index is 0.686. The zero-order valence-corrected chi connectivity index (χ0v) is 11.0. The molecule has 0 saturated heterocycles. The molecule has 0 bridgehead atoms. The van der Waals surface area contributed by atoms with E-state index in [9.17, 15) is 4.79 Å². The maximum atomic E-state index is 11.1. The van der Waals surface area contributed by atoms with Crippen molar-refractivity contribution >= 4 is 40.1 Å². The van der Waals surface area contributed by atoms with E-state index in [0.717, 1.165) is 23.7 Å². The van der Waals surface area contributed by atoms with Crippen molar-refractivity contribution in [2.75, 3.05) is 0 Å². The first kappa shape index (κ1) is 11.5. The molecular weight excluding hydrogens is 266 g/mol. The molecule has 0 atom stereocenters. The van der Waals surface area contributed by atoms with Crippen LogP contribution in [-0.2, 0) is 6.54 Å². The second kappa shape index (κ2) is 4.59. The number of aldehydes is 1. The Balaban J connectivity index is 2.16. The summed E-state index contributed by atoms with van der Waals surface area (Å²) in [7, 11) is 0. The molecule has 3 rings (SSSR count). The third-order valence-corrected chi connectivity index (χ3v) is 4.00. The average molecular weight is 276 g/mol. The van der Waals surface area contributed by atoms with E-state index in [2.05, 4.69) is 16.0 Å². The highest BCUT2D eigenvalue weighted by molar-refractivity contribution is 7.09. The Morgan fingerprint density at radius 3 is 2.94 bits per heavy atom. The van der Waals surface area contributed by atoms with Crippen LogP contribution in [0.3, 0.4) is 0 Å². The van der Waals surface area contributed by atoms with Crippen LogP contribution >= 0.6 is 22.9 Å². The molecule has 0 amide bonds. The molecule has 1 aromatic carbocycles. The SMILES string of the molecule is O=Cc1cn(Cc2cccs2)c2cc(Cl)ccc12. The Hall–Kier alpha value is -1.58. The van der Waals surface area contributed by atoms with Crippen molar-refractivity contribution in [3.05, 3.63) is 57.4 Å². The lowest BCUT2D eigenvalue weighted by Crippen LogP contribution is -1.95. The Bertz CT molecular complexity index is 700. The van der Waals surface area contributed by atoms with E-state index in [4.69, 9.17) is 11.6 Å².